The van der Waals surface area contributed by atoms with E-state index in [0.717, 1.165) is 6.42 Å². The van der Waals surface area contributed by atoms with Crippen LogP contribution < -0.4 is 5.73 Å². The molecule has 3 atom stereocenters. The Hall–Kier alpha value is -0.660. The standard InChI is InChI=1S/C12H22N2O4S/c1-9-7-14(8-10(6-13)18-9)12(15)11-4-2-3-5-19(11,16)17/h9-11H,2-8,13H2,1H3. The number of sulfone groups is 1. The van der Waals surface area contributed by atoms with Gasteiger partial charge >= 0.3 is 0 Å². The maximum absolute atomic E-state index is 12.4. The van der Waals surface area contributed by atoms with Gasteiger partial charge in [-0.15, -0.1) is 0 Å². The molecular formula is C12H22N2O4S. The quantitative estimate of drug-likeness (QED) is 0.742. The van der Waals surface area contributed by atoms with E-state index in [1.165, 1.54) is 0 Å². The summed E-state index contributed by atoms with van der Waals surface area (Å²) in [5, 5.41) is -0.857. The summed E-state index contributed by atoms with van der Waals surface area (Å²) in [6.07, 6.45) is 1.61. The van der Waals surface area contributed by atoms with Crippen LogP contribution in [0.1, 0.15) is 26.2 Å². The van der Waals surface area contributed by atoms with Gasteiger partial charge in [0.25, 0.3) is 0 Å². The van der Waals surface area contributed by atoms with Gasteiger partial charge in [0.15, 0.2) is 9.84 Å². The van der Waals surface area contributed by atoms with Crippen molar-refractivity contribution in [2.24, 2.45) is 5.73 Å². The van der Waals surface area contributed by atoms with Crippen LogP contribution in [-0.4, -0.2) is 62.1 Å². The minimum absolute atomic E-state index is 0.0995. The van der Waals surface area contributed by atoms with E-state index in [9.17, 15) is 13.2 Å². The predicted octanol–water partition coefficient (Wildman–Crippen LogP) is -0.472. The van der Waals surface area contributed by atoms with Crippen molar-refractivity contribution in [1.29, 1.82) is 0 Å². The van der Waals surface area contributed by atoms with E-state index in [2.05, 4.69) is 0 Å². The Kier molecular flexibility index (Phi) is 4.47. The first-order chi connectivity index (χ1) is 8.94. The van der Waals surface area contributed by atoms with Gasteiger partial charge in [0.05, 0.1) is 18.0 Å². The lowest BCUT2D eigenvalue weighted by atomic mass is 10.1. The molecule has 0 aliphatic carbocycles. The van der Waals surface area contributed by atoms with Crippen LogP contribution >= 0.6 is 0 Å². The first-order valence-corrected chi connectivity index (χ1v) is 8.51. The van der Waals surface area contributed by atoms with Gasteiger partial charge in [-0.05, 0) is 19.8 Å². The molecule has 0 spiro atoms. The van der Waals surface area contributed by atoms with Crippen molar-refractivity contribution in [1.82, 2.24) is 4.90 Å². The summed E-state index contributed by atoms with van der Waals surface area (Å²) in [6, 6.07) is 0. The van der Waals surface area contributed by atoms with Gasteiger partial charge in [-0.25, -0.2) is 8.42 Å². The summed E-state index contributed by atoms with van der Waals surface area (Å²) >= 11 is 0. The predicted molar refractivity (Wildman–Crippen MR) is 71.4 cm³/mol. The molecule has 6 nitrogen and oxygen atoms in total. The Morgan fingerprint density at radius 2 is 2.11 bits per heavy atom. The molecule has 2 N–H and O–H groups in total. The molecular weight excluding hydrogens is 268 g/mol. The van der Waals surface area contributed by atoms with Crippen molar-refractivity contribution >= 4 is 15.7 Å². The Labute approximate surface area is 114 Å². The van der Waals surface area contributed by atoms with E-state index < -0.39 is 15.1 Å². The number of nitrogens with two attached hydrogens (primary N) is 1. The summed E-state index contributed by atoms with van der Waals surface area (Å²) in [5.74, 6) is -0.142. The number of amides is 1. The molecule has 2 saturated heterocycles. The van der Waals surface area contributed by atoms with Crippen LogP contribution in [0.15, 0.2) is 0 Å². The van der Waals surface area contributed by atoms with Crippen LogP contribution in [0.4, 0.5) is 0 Å². The van der Waals surface area contributed by atoms with Crippen molar-refractivity contribution in [3.8, 4) is 0 Å². The first-order valence-electron chi connectivity index (χ1n) is 6.80. The summed E-state index contributed by atoms with van der Waals surface area (Å²) in [5.41, 5.74) is 5.58. The van der Waals surface area contributed by atoms with Crippen LogP contribution in [0.25, 0.3) is 0 Å². The summed E-state index contributed by atoms with van der Waals surface area (Å²) in [7, 11) is -3.28. The number of hydrogen-bond donors (Lipinski definition) is 1. The molecule has 0 aromatic carbocycles. The molecule has 0 saturated carbocycles. The number of rotatable bonds is 2. The molecule has 2 fully saturated rings. The highest BCUT2D eigenvalue weighted by Gasteiger charge is 2.39. The van der Waals surface area contributed by atoms with Crippen molar-refractivity contribution in [2.45, 2.75) is 43.6 Å². The molecule has 0 aromatic rings. The number of hydrogen-bond acceptors (Lipinski definition) is 5. The Balaban J connectivity index is 2.10. The van der Waals surface area contributed by atoms with Crippen LogP contribution in [0.5, 0.6) is 0 Å². The van der Waals surface area contributed by atoms with Gasteiger partial charge in [-0.1, -0.05) is 6.42 Å². The molecule has 0 bridgehead atoms. The number of carbonyl (C=O) groups excluding carboxylic acids is 1. The zero-order valence-electron chi connectivity index (χ0n) is 11.2. The third kappa shape index (κ3) is 3.27. The number of ether oxygens (including phenoxy) is 1. The number of nitrogens with zero attached hydrogens (tertiary/aromatic N) is 1. The molecule has 0 aromatic heterocycles. The summed E-state index contributed by atoms with van der Waals surface area (Å²) in [6.45, 7) is 3.05. The van der Waals surface area contributed by atoms with E-state index >= 15 is 0 Å². The average Bonchev–Trinajstić information content (AvgIpc) is 2.36. The SMILES string of the molecule is CC1CN(C(=O)C2CCCCS2(=O)=O)CC(CN)O1. The van der Waals surface area contributed by atoms with Gasteiger partial charge in [0.2, 0.25) is 5.91 Å². The van der Waals surface area contributed by atoms with Gasteiger partial charge < -0.3 is 15.4 Å². The highest BCUT2D eigenvalue weighted by atomic mass is 32.2. The first kappa shape index (κ1) is 14.7. The second kappa shape index (κ2) is 5.76. The molecule has 2 rings (SSSR count). The van der Waals surface area contributed by atoms with Gasteiger partial charge in [-0.2, -0.15) is 0 Å². The van der Waals surface area contributed by atoms with Crippen LogP contribution in [0, 0.1) is 0 Å². The van der Waals surface area contributed by atoms with Gasteiger partial charge in [-0.3, -0.25) is 4.79 Å². The molecule has 110 valence electrons. The van der Waals surface area contributed by atoms with E-state index in [0.29, 0.717) is 32.5 Å². The van der Waals surface area contributed by atoms with Crippen LogP contribution in [0.3, 0.4) is 0 Å². The fourth-order valence-corrected chi connectivity index (χ4v) is 4.66. The molecule has 19 heavy (non-hydrogen) atoms. The van der Waals surface area contributed by atoms with E-state index in [1.54, 1.807) is 4.90 Å². The largest absolute Gasteiger partial charge is 0.370 e. The van der Waals surface area contributed by atoms with Crippen molar-refractivity contribution in [3.63, 3.8) is 0 Å². The summed E-state index contributed by atoms with van der Waals surface area (Å²) in [4.78, 5) is 14.0. The fraction of sp³-hybridized carbons (Fsp3) is 0.917. The van der Waals surface area contributed by atoms with Gasteiger partial charge in [0, 0.05) is 19.6 Å². The number of carbonyl (C=O) groups is 1. The third-order valence-electron chi connectivity index (χ3n) is 3.75. The monoisotopic (exact) mass is 290 g/mol. The number of morpholine rings is 1. The molecule has 3 unspecified atom stereocenters. The average molecular weight is 290 g/mol. The van der Waals surface area contributed by atoms with Gasteiger partial charge in [0.1, 0.15) is 5.25 Å². The zero-order chi connectivity index (χ0) is 14.0. The van der Waals surface area contributed by atoms with E-state index in [-0.39, 0.29) is 23.9 Å². The van der Waals surface area contributed by atoms with Crippen LogP contribution in [0.2, 0.25) is 0 Å². The highest BCUT2D eigenvalue weighted by molar-refractivity contribution is 7.92. The van der Waals surface area contributed by atoms with Crippen LogP contribution in [-0.2, 0) is 19.4 Å². The Bertz CT molecular complexity index is 437. The minimum atomic E-state index is -3.28. The highest BCUT2D eigenvalue weighted by Crippen LogP contribution is 2.23. The molecule has 2 aliphatic heterocycles. The Morgan fingerprint density at radius 1 is 1.37 bits per heavy atom. The summed E-state index contributed by atoms with van der Waals surface area (Å²) < 4.78 is 29.6. The van der Waals surface area contributed by atoms with E-state index in [1.807, 2.05) is 6.92 Å². The molecule has 2 heterocycles. The molecule has 2 aliphatic rings. The normalized spacial score (nSPS) is 35.1. The fourth-order valence-electron chi connectivity index (χ4n) is 2.79. The maximum Gasteiger partial charge on any atom is 0.241 e. The Morgan fingerprint density at radius 3 is 2.74 bits per heavy atom. The lowest BCUT2D eigenvalue weighted by molar-refractivity contribution is -0.143. The second-order valence-electron chi connectivity index (χ2n) is 5.40. The van der Waals surface area contributed by atoms with Crippen molar-refractivity contribution < 1.29 is 17.9 Å². The smallest absolute Gasteiger partial charge is 0.241 e. The third-order valence-corrected chi connectivity index (χ3v) is 5.92. The van der Waals surface area contributed by atoms with E-state index in [4.69, 9.17) is 10.5 Å². The maximum atomic E-state index is 12.4. The molecule has 0 radical (unpaired) electrons. The lowest BCUT2D eigenvalue weighted by Gasteiger charge is -2.38. The molecule has 7 heteroatoms. The topological polar surface area (TPSA) is 89.7 Å². The van der Waals surface area contributed by atoms with Crippen molar-refractivity contribution in [2.75, 3.05) is 25.4 Å². The minimum Gasteiger partial charge on any atom is -0.370 e. The zero-order valence-corrected chi connectivity index (χ0v) is 12.1. The second-order valence-corrected chi connectivity index (χ2v) is 7.70. The lowest BCUT2D eigenvalue weighted by Crippen LogP contribution is -2.55. The van der Waals surface area contributed by atoms with Crippen molar-refractivity contribution in [3.05, 3.63) is 0 Å². The molecule has 1 amide bonds.